The van der Waals surface area contributed by atoms with Crippen LogP contribution in [0.3, 0.4) is 0 Å². The number of aromatic hydroxyl groups is 1. The number of benzene rings is 2. The minimum atomic E-state index is -1.14. The van der Waals surface area contributed by atoms with E-state index in [0.29, 0.717) is 5.56 Å². The maximum absolute atomic E-state index is 13.3. The quantitative estimate of drug-likeness (QED) is 0.868. The highest BCUT2D eigenvalue weighted by molar-refractivity contribution is 6.43. The summed E-state index contributed by atoms with van der Waals surface area (Å²) in [6.07, 6.45) is 1.12. The second kappa shape index (κ2) is 5.07. The van der Waals surface area contributed by atoms with Crippen molar-refractivity contribution < 1.29 is 23.5 Å². The molecule has 0 unspecified atom stereocenters. The third kappa shape index (κ3) is 2.24. The monoisotopic (exact) mass is 301 g/mol. The molecule has 0 fully saturated rings. The summed E-state index contributed by atoms with van der Waals surface area (Å²) in [4.78, 5) is 25.1. The van der Waals surface area contributed by atoms with Gasteiger partial charge >= 0.3 is 0 Å². The van der Waals surface area contributed by atoms with Crippen LogP contribution >= 0.6 is 0 Å². The number of rotatable bonds is 2. The molecule has 0 radical (unpaired) electrons. The zero-order valence-corrected chi connectivity index (χ0v) is 11.1. The van der Waals surface area contributed by atoms with Gasteiger partial charge in [0.15, 0.2) is 11.6 Å². The second-order valence-corrected chi connectivity index (χ2v) is 4.68. The molecule has 4 nitrogen and oxygen atoms in total. The van der Waals surface area contributed by atoms with Gasteiger partial charge < -0.3 is 5.11 Å². The number of phenolic OH excluding ortho intramolecular Hbond substituents is 1. The average Bonchev–Trinajstić information content (AvgIpc) is 2.78. The summed E-state index contributed by atoms with van der Waals surface area (Å²) in [5, 5.41) is 9.24. The summed E-state index contributed by atoms with van der Waals surface area (Å²) in [5.41, 5.74) is 0.523. The van der Waals surface area contributed by atoms with Crippen LogP contribution in [-0.2, 0) is 9.59 Å². The molecule has 0 aromatic heterocycles. The number of hydrogen-bond donors (Lipinski definition) is 1. The van der Waals surface area contributed by atoms with Crippen LogP contribution in [0.5, 0.6) is 5.75 Å². The van der Waals surface area contributed by atoms with Gasteiger partial charge in [-0.3, -0.25) is 9.59 Å². The summed E-state index contributed by atoms with van der Waals surface area (Å²) in [7, 11) is 0. The van der Waals surface area contributed by atoms with Gasteiger partial charge in [0.2, 0.25) is 0 Å². The SMILES string of the molecule is O=C1C=C(c2ccc(O)cc2)C(=O)N1c1ccc(F)c(F)c1. The molecule has 0 aliphatic carbocycles. The van der Waals surface area contributed by atoms with Gasteiger partial charge in [-0.25, -0.2) is 13.7 Å². The zero-order chi connectivity index (χ0) is 15.9. The van der Waals surface area contributed by atoms with Crippen LogP contribution in [0.2, 0.25) is 0 Å². The first kappa shape index (κ1) is 13.9. The molecule has 22 heavy (non-hydrogen) atoms. The van der Waals surface area contributed by atoms with Crippen molar-refractivity contribution in [3.05, 3.63) is 65.7 Å². The molecule has 2 aromatic rings. The molecular weight excluding hydrogens is 292 g/mol. The summed E-state index contributed by atoms with van der Waals surface area (Å²) in [6.45, 7) is 0. The molecule has 1 aliphatic rings. The zero-order valence-electron chi connectivity index (χ0n) is 11.1. The van der Waals surface area contributed by atoms with Crippen molar-refractivity contribution in [3.8, 4) is 5.75 Å². The van der Waals surface area contributed by atoms with Crippen molar-refractivity contribution in [1.29, 1.82) is 0 Å². The number of anilines is 1. The lowest BCUT2D eigenvalue weighted by Crippen LogP contribution is -2.30. The number of imide groups is 1. The van der Waals surface area contributed by atoms with Gasteiger partial charge in [0, 0.05) is 12.1 Å². The Morgan fingerprint density at radius 3 is 2.23 bits per heavy atom. The Labute approximate surface area is 123 Å². The second-order valence-electron chi connectivity index (χ2n) is 4.68. The molecule has 6 heteroatoms. The van der Waals surface area contributed by atoms with Crippen LogP contribution in [0.15, 0.2) is 48.5 Å². The first-order chi connectivity index (χ1) is 10.5. The standard InChI is InChI=1S/C16H9F2NO3/c17-13-6-3-10(7-14(13)18)19-15(21)8-12(16(19)22)9-1-4-11(20)5-2-9/h1-8,20H. The van der Waals surface area contributed by atoms with E-state index in [0.717, 1.165) is 29.2 Å². The van der Waals surface area contributed by atoms with E-state index in [1.165, 1.54) is 24.3 Å². The molecular formula is C16H9F2NO3. The van der Waals surface area contributed by atoms with Crippen molar-refractivity contribution >= 4 is 23.1 Å². The van der Waals surface area contributed by atoms with Crippen molar-refractivity contribution in [2.45, 2.75) is 0 Å². The fourth-order valence-corrected chi connectivity index (χ4v) is 2.19. The fraction of sp³-hybridized carbons (Fsp3) is 0. The largest absolute Gasteiger partial charge is 0.508 e. The lowest BCUT2D eigenvalue weighted by molar-refractivity contribution is -0.119. The van der Waals surface area contributed by atoms with Gasteiger partial charge in [-0.05, 0) is 29.8 Å². The maximum atomic E-state index is 13.3. The van der Waals surface area contributed by atoms with Gasteiger partial charge in [-0.2, -0.15) is 0 Å². The summed E-state index contributed by atoms with van der Waals surface area (Å²) >= 11 is 0. The third-order valence-electron chi connectivity index (χ3n) is 3.26. The Hall–Kier alpha value is -3.02. The molecule has 2 amide bonds. The van der Waals surface area contributed by atoms with Crippen LogP contribution < -0.4 is 4.90 Å². The predicted octanol–water partition coefficient (Wildman–Crippen LogP) is 2.63. The molecule has 110 valence electrons. The van der Waals surface area contributed by atoms with E-state index >= 15 is 0 Å². The molecule has 3 rings (SSSR count). The highest BCUT2D eigenvalue weighted by Gasteiger charge is 2.33. The number of phenols is 1. The normalized spacial score (nSPS) is 14.5. The smallest absolute Gasteiger partial charge is 0.266 e. The number of halogens is 2. The molecule has 2 aromatic carbocycles. The average molecular weight is 301 g/mol. The molecule has 0 saturated carbocycles. The van der Waals surface area contributed by atoms with Crippen molar-refractivity contribution in [2.24, 2.45) is 0 Å². The highest BCUT2D eigenvalue weighted by Crippen LogP contribution is 2.29. The molecule has 1 heterocycles. The Kier molecular flexibility index (Phi) is 3.21. The topological polar surface area (TPSA) is 57.6 Å². The number of hydrogen-bond acceptors (Lipinski definition) is 3. The van der Waals surface area contributed by atoms with Gasteiger partial charge in [0.05, 0.1) is 11.3 Å². The Balaban J connectivity index is 1.97. The van der Waals surface area contributed by atoms with E-state index in [2.05, 4.69) is 0 Å². The number of carbonyl (C=O) groups excluding carboxylic acids is 2. The van der Waals surface area contributed by atoms with Crippen molar-refractivity contribution in [3.63, 3.8) is 0 Å². The Bertz CT molecular complexity index is 813. The van der Waals surface area contributed by atoms with Gasteiger partial charge in [0.1, 0.15) is 5.75 Å². The van der Waals surface area contributed by atoms with Crippen molar-refractivity contribution in [1.82, 2.24) is 0 Å². The van der Waals surface area contributed by atoms with E-state index in [9.17, 15) is 23.5 Å². The van der Waals surface area contributed by atoms with Crippen LogP contribution in [0.25, 0.3) is 5.57 Å². The summed E-state index contributed by atoms with van der Waals surface area (Å²) in [5.74, 6) is -3.45. The Morgan fingerprint density at radius 2 is 1.59 bits per heavy atom. The van der Waals surface area contributed by atoms with Gasteiger partial charge in [0.25, 0.3) is 11.8 Å². The summed E-state index contributed by atoms with van der Waals surface area (Å²) in [6, 6.07) is 8.54. The molecule has 0 atom stereocenters. The first-order valence-electron chi connectivity index (χ1n) is 6.32. The molecule has 1 N–H and O–H groups in total. The fourth-order valence-electron chi connectivity index (χ4n) is 2.19. The van der Waals surface area contributed by atoms with E-state index in [1.807, 2.05) is 0 Å². The van der Waals surface area contributed by atoms with Crippen molar-refractivity contribution in [2.75, 3.05) is 4.90 Å². The number of carbonyl (C=O) groups is 2. The van der Waals surface area contributed by atoms with E-state index in [-0.39, 0.29) is 17.0 Å². The van der Waals surface area contributed by atoms with E-state index in [1.54, 1.807) is 0 Å². The predicted molar refractivity (Wildman–Crippen MR) is 74.9 cm³/mol. The minimum absolute atomic E-state index is 0.0265. The maximum Gasteiger partial charge on any atom is 0.266 e. The number of amides is 2. The van der Waals surface area contributed by atoms with Crippen LogP contribution in [0.4, 0.5) is 14.5 Å². The molecule has 0 spiro atoms. The molecule has 1 aliphatic heterocycles. The lowest BCUT2D eigenvalue weighted by atomic mass is 10.1. The summed E-state index contributed by atoms with van der Waals surface area (Å²) < 4.78 is 26.2. The number of nitrogens with zero attached hydrogens (tertiary/aromatic N) is 1. The van der Waals surface area contributed by atoms with Crippen LogP contribution in [-0.4, -0.2) is 16.9 Å². The molecule has 0 bridgehead atoms. The lowest BCUT2D eigenvalue weighted by Gasteiger charge is -2.15. The minimum Gasteiger partial charge on any atom is -0.508 e. The third-order valence-corrected chi connectivity index (χ3v) is 3.26. The highest BCUT2D eigenvalue weighted by atomic mass is 19.2. The molecule has 0 saturated heterocycles. The van der Waals surface area contributed by atoms with E-state index < -0.39 is 23.4 Å². The van der Waals surface area contributed by atoms with Gasteiger partial charge in [-0.1, -0.05) is 12.1 Å². The van der Waals surface area contributed by atoms with Crippen LogP contribution in [0.1, 0.15) is 5.56 Å². The van der Waals surface area contributed by atoms with E-state index in [4.69, 9.17) is 0 Å². The first-order valence-corrected chi connectivity index (χ1v) is 6.32. The Morgan fingerprint density at radius 1 is 0.909 bits per heavy atom. The van der Waals surface area contributed by atoms with Gasteiger partial charge in [-0.15, -0.1) is 0 Å². The van der Waals surface area contributed by atoms with Crippen LogP contribution in [0, 0.1) is 11.6 Å².